The van der Waals surface area contributed by atoms with Crippen LogP contribution in [-0.2, 0) is 16.6 Å². The molecule has 0 aliphatic rings. The maximum atomic E-state index is 15.8. The minimum absolute atomic E-state index is 0.00155. The molecule has 2 aromatic carbocycles. The average molecular weight is 454 g/mol. The quantitative estimate of drug-likeness (QED) is 0.416. The number of aromatic nitrogens is 3. The number of aliphatic carboxylic acids is 1. The van der Waals surface area contributed by atoms with Crippen molar-refractivity contribution in [3.63, 3.8) is 0 Å². The molecule has 0 fully saturated rings. The largest absolute Gasteiger partial charge is 0.479 e. The molecule has 0 aliphatic carbocycles. The molecule has 170 valence electrons. The first-order chi connectivity index (χ1) is 15.6. The van der Waals surface area contributed by atoms with Gasteiger partial charge in [-0.05, 0) is 42.3 Å². The Labute approximate surface area is 187 Å². The molecule has 0 radical (unpaired) electrons. The molecule has 0 saturated carbocycles. The van der Waals surface area contributed by atoms with Crippen molar-refractivity contribution in [1.82, 2.24) is 14.8 Å². The molecular formula is C24H21F3N4O2. The van der Waals surface area contributed by atoms with E-state index in [1.54, 1.807) is 37.5 Å². The molecule has 0 saturated heterocycles. The number of alkyl halides is 1. The van der Waals surface area contributed by atoms with Crippen LogP contribution in [0.25, 0.3) is 27.5 Å². The number of carboxylic acid groups (broad SMARTS) is 1. The van der Waals surface area contributed by atoms with E-state index in [2.05, 4.69) is 16.3 Å². The number of rotatable bonds is 6. The van der Waals surface area contributed by atoms with Crippen LogP contribution in [0.2, 0.25) is 0 Å². The number of aromatic amines is 1. The van der Waals surface area contributed by atoms with Gasteiger partial charge >= 0.3 is 5.97 Å². The maximum absolute atomic E-state index is 15.8. The van der Waals surface area contributed by atoms with E-state index in [9.17, 15) is 23.9 Å². The van der Waals surface area contributed by atoms with Crippen molar-refractivity contribution in [2.24, 2.45) is 0 Å². The van der Waals surface area contributed by atoms with E-state index in [0.29, 0.717) is 27.8 Å². The first-order valence-electron chi connectivity index (χ1n) is 10.3. The molecule has 0 amide bonds. The number of benzene rings is 2. The van der Waals surface area contributed by atoms with Crippen molar-refractivity contribution < 1.29 is 23.1 Å². The van der Waals surface area contributed by atoms with Gasteiger partial charge in [0.05, 0.1) is 17.8 Å². The lowest BCUT2D eigenvalue weighted by Gasteiger charge is -2.27. The predicted molar refractivity (Wildman–Crippen MR) is 117 cm³/mol. The Bertz CT molecular complexity index is 1450. The lowest BCUT2D eigenvalue weighted by molar-refractivity contribution is -0.142. The summed E-state index contributed by atoms with van der Waals surface area (Å²) in [4.78, 5) is 11.4. The summed E-state index contributed by atoms with van der Waals surface area (Å²) in [5.41, 5.74) is 0.914. The number of fused-ring (bicyclic) bond motifs is 2. The van der Waals surface area contributed by atoms with Gasteiger partial charge in [-0.1, -0.05) is 13.8 Å². The SMILES string of the molecule is Cc1cc(-n2c(C(C)(C)CC#N)c(C[C@H](F)C(=O)O)c3c(F)c4[nH]ncc4cc32)ccc1F. The van der Waals surface area contributed by atoms with Gasteiger partial charge in [-0.2, -0.15) is 10.4 Å². The second kappa shape index (κ2) is 7.96. The van der Waals surface area contributed by atoms with Crippen molar-refractivity contribution in [2.75, 3.05) is 0 Å². The van der Waals surface area contributed by atoms with E-state index in [1.807, 2.05) is 0 Å². The Morgan fingerprint density at radius 3 is 2.70 bits per heavy atom. The van der Waals surface area contributed by atoms with Crippen LogP contribution in [0.4, 0.5) is 13.2 Å². The summed E-state index contributed by atoms with van der Waals surface area (Å²) in [6.07, 6.45) is -1.44. The van der Waals surface area contributed by atoms with Crippen LogP contribution < -0.4 is 0 Å². The van der Waals surface area contributed by atoms with Gasteiger partial charge in [-0.3, -0.25) is 5.10 Å². The van der Waals surface area contributed by atoms with Gasteiger partial charge in [-0.15, -0.1) is 0 Å². The highest BCUT2D eigenvalue weighted by Crippen LogP contribution is 2.42. The lowest BCUT2D eigenvalue weighted by atomic mass is 9.82. The van der Waals surface area contributed by atoms with Crippen LogP contribution in [0, 0.1) is 29.9 Å². The first kappa shape index (κ1) is 22.4. The van der Waals surface area contributed by atoms with Gasteiger partial charge in [-0.25, -0.2) is 18.0 Å². The summed E-state index contributed by atoms with van der Waals surface area (Å²) in [7, 11) is 0. The molecule has 9 heteroatoms. The van der Waals surface area contributed by atoms with Crippen molar-refractivity contribution in [1.29, 1.82) is 5.26 Å². The molecule has 2 N–H and O–H groups in total. The number of carbonyl (C=O) groups is 1. The highest BCUT2D eigenvalue weighted by Gasteiger charge is 2.35. The number of carboxylic acids is 1. The van der Waals surface area contributed by atoms with Gasteiger partial charge < -0.3 is 9.67 Å². The van der Waals surface area contributed by atoms with Crippen LogP contribution >= 0.6 is 0 Å². The minimum atomic E-state index is -2.28. The van der Waals surface area contributed by atoms with Crippen LogP contribution in [0.5, 0.6) is 0 Å². The Morgan fingerprint density at radius 2 is 2.06 bits per heavy atom. The zero-order valence-corrected chi connectivity index (χ0v) is 18.2. The van der Waals surface area contributed by atoms with Crippen molar-refractivity contribution in [2.45, 2.75) is 45.2 Å². The van der Waals surface area contributed by atoms with Crippen LogP contribution in [-0.4, -0.2) is 32.0 Å². The number of nitriles is 1. The second-order valence-electron chi connectivity index (χ2n) is 8.74. The summed E-state index contributed by atoms with van der Waals surface area (Å²) in [6.45, 7) is 5.09. The van der Waals surface area contributed by atoms with Gasteiger partial charge in [0.15, 0.2) is 5.82 Å². The zero-order chi connectivity index (χ0) is 24.1. The molecule has 33 heavy (non-hydrogen) atoms. The molecule has 2 aromatic heterocycles. The third kappa shape index (κ3) is 3.61. The number of halogens is 3. The highest BCUT2D eigenvalue weighted by molar-refractivity contribution is 6.00. The number of H-pyrrole nitrogens is 1. The Balaban J connectivity index is 2.21. The zero-order valence-electron chi connectivity index (χ0n) is 18.2. The van der Waals surface area contributed by atoms with Crippen molar-refractivity contribution >= 4 is 27.8 Å². The maximum Gasteiger partial charge on any atom is 0.338 e. The van der Waals surface area contributed by atoms with Crippen LogP contribution in [0.3, 0.4) is 0 Å². The number of nitrogens with one attached hydrogen (secondary N) is 1. The molecule has 0 bridgehead atoms. The van der Waals surface area contributed by atoms with Crippen molar-refractivity contribution in [3.8, 4) is 11.8 Å². The second-order valence-corrected chi connectivity index (χ2v) is 8.74. The number of nitrogens with zero attached hydrogens (tertiary/aromatic N) is 3. The monoisotopic (exact) mass is 454 g/mol. The van der Waals surface area contributed by atoms with Gasteiger partial charge in [0.2, 0.25) is 6.17 Å². The molecule has 2 heterocycles. The summed E-state index contributed by atoms with van der Waals surface area (Å²) >= 11 is 0. The van der Waals surface area contributed by atoms with Gasteiger partial charge in [0.25, 0.3) is 0 Å². The van der Waals surface area contributed by atoms with E-state index in [-0.39, 0.29) is 22.9 Å². The fourth-order valence-electron chi connectivity index (χ4n) is 4.37. The average Bonchev–Trinajstić information content (AvgIpc) is 3.33. The Morgan fingerprint density at radius 1 is 1.33 bits per heavy atom. The minimum Gasteiger partial charge on any atom is -0.479 e. The summed E-state index contributed by atoms with van der Waals surface area (Å²) in [5, 5.41) is 25.6. The third-order valence-electron chi connectivity index (χ3n) is 5.92. The Kier molecular flexibility index (Phi) is 5.40. The summed E-state index contributed by atoms with van der Waals surface area (Å²) in [5.74, 6) is -2.79. The van der Waals surface area contributed by atoms with E-state index in [1.165, 1.54) is 18.3 Å². The number of hydrogen-bond acceptors (Lipinski definition) is 3. The first-order valence-corrected chi connectivity index (χ1v) is 10.3. The van der Waals surface area contributed by atoms with E-state index < -0.39 is 35.6 Å². The fourth-order valence-corrected chi connectivity index (χ4v) is 4.37. The van der Waals surface area contributed by atoms with Crippen LogP contribution in [0.1, 0.15) is 37.1 Å². The molecular weight excluding hydrogens is 433 g/mol. The third-order valence-corrected chi connectivity index (χ3v) is 5.92. The molecule has 1 atom stereocenters. The highest BCUT2D eigenvalue weighted by atomic mass is 19.1. The van der Waals surface area contributed by atoms with Gasteiger partial charge in [0, 0.05) is 40.4 Å². The van der Waals surface area contributed by atoms with Gasteiger partial charge in [0.1, 0.15) is 11.3 Å². The molecule has 0 unspecified atom stereocenters. The normalized spacial score (nSPS) is 12.9. The predicted octanol–water partition coefficient (Wildman–Crippen LogP) is 5.25. The topological polar surface area (TPSA) is 94.7 Å². The van der Waals surface area contributed by atoms with E-state index >= 15 is 4.39 Å². The Hall–Kier alpha value is -3.80. The fraction of sp³-hybridized carbons (Fsp3) is 0.292. The van der Waals surface area contributed by atoms with Crippen molar-refractivity contribution in [3.05, 3.63) is 58.9 Å². The number of hydrogen-bond donors (Lipinski definition) is 2. The summed E-state index contributed by atoms with van der Waals surface area (Å²) in [6, 6.07) is 8.13. The molecule has 0 aliphatic heterocycles. The standard InChI is InChI=1S/C24H21F3N4O2/c1-12-8-14(4-5-16(12)25)31-18-9-13-11-29-30-21(13)20(27)19(18)15(10-17(26)23(32)33)22(31)24(2,3)6-7-28/h4-5,8-9,11,17H,6,10H2,1-3H3,(H,29,30)(H,32,33)/t17-/m0/s1. The smallest absolute Gasteiger partial charge is 0.338 e. The molecule has 6 nitrogen and oxygen atoms in total. The lowest BCUT2D eigenvalue weighted by Crippen LogP contribution is -2.25. The molecule has 4 rings (SSSR count). The molecule has 4 aromatic rings. The van der Waals surface area contributed by atoms with E-state index in [0.717, 1.165) is 0 Å². The molecule has 0 spiro atoms. The number of aryl methyl sites for hydroxylation is 1. The van der Waals surface area contributed by atoms with Crippen LogP contribution in [0.15, 0.2) is 30.5 Å². The van der Waals surface area contributed by atoms with E-state index in [4.69, 9.17) is 0 Å². The summed E-state index contributed by atoms with van der Waals surface area (Å²) < 4.78 is 46.0.